The van der Waals surface area contributed by atoms with Crippen LogP contribution in [0.15, 0.2) is 65.8 Å². The third-order valence-corrected chi connectivity index (χ3v) is 5.06. The van der Waals surface area contributed by atoms with Gasteiger partial charge in [-0.1, -0.05) is 48.0 Å². The van der Waals surface area contributed by atoms with Gasteiger partial charge >= 0.3 is 0 Å². The summed E-state index contributed by atoms with van der Waals surface area (Å²) in [4.78, 5) is 12.0. The van der Waals surface area contributed by atoms with Crippen molar-refractivity contribution in [2.45, 2.75) is 20.5 Å². The zero-order chi connectivity index (χ0) is 22.9. The summed E-state index contributed by atoms with van der Waals surface area (Å²) >= 11 is 6.17. The lowest BCUT2D eigenvalue weighted by Gasteiger charge is -2.12. The van der Waals surface area contributed by atoms with Crippen molar-refractivity contribution in [3.63, 3.8) is 0 Å². The first-order valence-electron chi connectivity index (χ1n) is 10.0. The zero-order valence-electron chi connectivity index (χ0n) is 18.2. The Hall–Kier alpha value is -3.51. The number of hydrogen-bond acceptors (Lipinski definition) is 5. The van der Waals surface area contributed by atoms with Crippen molar-refractivity contribution < 1.29 is 19.0 Å². The minimum atomic E-state index is -0.351. The molecule has 1 amide bonds. The van der Waals surface area contributed by atoms with Gasteiger partial charge in [0.1, 0.15) is 12.4 Å². The molecule has 0 aliphatic rings. The molecule has 32 heavy (non-hydrogen) atoms. The van der Waals surface area contributed by atoms with Crippen molar-refractivity contribution >= 4 is 23.7 Å². The number of methoxy groups -OCH3 is 1. The summed E-state index contributed by atoms with van der Waals surface area (Å²) in [5.41, 5.74) is 6.04. The summed E-state index contributed by atoms with van der Waals surface area (Å²) in [7, 11) is 1.56. The van der Waals surface area contributed by atoms with Crippen LogP contribution in [0.2, 0.25) is 5.02 Å². The third kappa shape index (κ3) is 6.25. The second-order valence-electron chi connectivity index (χ2n) is 7.09. The molecule has 0 saturated heterocycles. The smallest absolute Gasteiger partial charge is 0.277 e. The van der Waals surface area contributed by atoms with Crippen LogP contribution in [-0.2, 0) is 11.4 Å². The molecule has 3 aromatic carbocycles. The largest absolute Gasteiger partial charge is 0.493 e. The molecule has 6 nitrogen and oxygen atoms in total. The zero-order valence-corrected chi connectivity index (χ0v) is 19.0. The van der Waals surface area contributed by atoms with Crippen molar-refractivity contribution in [2.24, 2.45) is 5.10 Å². The molecule has 3 rings (SSSR count). The Bertz CT molecular complexity index is 1090. The Balaban J connectivity index is 1.55. The lowest BCUT2D eigenvalue weighted by Crippen LogP contribution is -2.25. The molecule has 166 valence electrons. The number of carbonyl (C=O) groups is 1. The minimum absolute atomic E-state index is 0.124. The van der Waals surface area contributed by atoms with Crippen LogP contribution in [-0.4, -0.2) is 25.8 Å². The number of amides is 1. The van der Waals surface area contributed by atoms with Gasteiger partial charge < -0.3 is 14.2 Å². The lowest BCUT2D eigenvalue weighted by atomic mass is 10.1. The van der Waals surface area contributed by atoms with Crippen LogP contribution in [0.25, 0.3) is 0 Å². The first-order valence-corrected chi connectivity index (χ1v) is 10.4. The monoisotopic (exact) mass is 452 g/mol. The number of hydrogen-bond donors (Lipinski definition) is 1. The van der Waals surface area contributed by atoms with Crippen LogP contribution >= 0.6 is 11.6 Å². The highest BCUT2D eigenvalue weighted by Gasteiger charge is 2.08. The minimum Gasteiger partial charge on any atom is -0.493 e. The van der Waals surface area contributed by atoms with E-state index < -0.39 is 0 Å². The molecule has 0 bridgehead atoms. The van der Waals surface area contributed by atoms with E-state index in [2.05, 4.69) is 10.5 Å². The summed E-state index contributed by atoms with van der Waals surface area (Å²) in [6.45, 7) is 4.07. The first kappa shape index (κ1) is 23.2. The van der Waals surface area contributed by atoms with Crippen molar-refractivity contribution in [3.8, 4) is 17.2 Å². The van der Waals surface area contributed by atoms with Crippen LogP contribution in [0.1, 0.15) is 22.3 Å². The quantitative estimate of drug-likeness (QED) is 0.363. The number of aryl methyl sites for hydroxylation is 2. The molecule has 0 aliphatic carbocycles. The number of nitrogens with one attached hydrogen (secondary N) is 1. The van der Waals surface area contributed by atoms with Crippen LogP contribution in [0.5, 0.6) is 17.2 Å². The molecular formula is C25H25ClN2O4. The van der Waals surface area contributed by atoms with Gasteiger partial charge in [-0.15, -0.1) is 0 Å². The number of para-hydroxylation sites is 1. The van der Waals surface area contributed by atoms with Crippen molar-refractivity contribution in [3.05, 3.63) is 87.9 Å². The molecular weight excluding hydrogens is 428 g/mol. The average molecular weight is 453 g/mol. The Morgan fingerprint density at radius 2 is 1.75 bits per heavy atom. The standard InChI is InChI=1S/C25H25ClN2O4/c1-17-7-6-8-18(2)25(17)32-16-24(29)28-27-14-19-11-12-22(23(13-19)30-3)31-15-20-9-4-5-10-21(20)26/h4-14H,15-16H2,1-3H3,(H,28,29)/b27-14-. The third-order valence-electron chi connectivity index (χ3n) is 4.69. The van der Waals surface area contributed by atoms with E-state index in [1.807, 2.05) is 62.4 Å². The van der Waals surface area contributed by atoms with E-state index in [9.17, 15) is 4.79 Å². The van der Waals surface area contributed by atoms with Gasteiger partial charge in [0.2, 0.25) is 0 Å². The maximum Gasteiger partial charge on any atom is 0.277 e. The van der Waals surface area contributed by atoms with Gasteiger partial charge in [-0.3, -0.25) is 4.79 Å². The Morgan fingerprint density at radius 1 is 1.00 bits per heavy atom. The maximum absolute atomic E-state index is 12.0. The number of ether oxygens (including phenoxy) is 3. The molecule has 0 radical (unpaired) electrons. The highest BCUT2D eigenvalue weighted by atomic mass is 35.5. The van der Waals surface area contributed by atoms with Crippen molar-refractivity contribution in [1.82, 2.24) is 5.43 Å². The van der Waals surface area contributed by atoms with E-state index in [4.69, 9.17) is 25.8 Å². The lowest BCUT2D eigenvalue weighted by molar-refractivity contribution is -0.123. The van der Waals surface area contributed by atoms with Gasteiger partial charge in [0, 0.05) is 10.6 Å². The highest BCUT2D eigenvalue weighted by molar-refractivity contribution is 6.31. The second-order valence-corrected chi connectivity index (χ2v) is 7.50. The molecule has 0 aromatic heterocycles. The van der Waals surface area contributed by atoms with E-state index >= 15 is 0 Å². The van der Waals surface area contributed by atoms with E-state index in [1.54, 1.807) is 19.2 Å². The van der Waals surface area contributed by atoms with Gasteiger partial charge in [0.25, 0.3) is 5.91 Å². The van der Waals surface area contributed by atoms with Crippen LogP contribution in [0.4, 0.5) is 0 Å². The number of rotatable bonds is 9. The highest BCUT2D eigenvalue weighted by Crippen LogP contribution is 2.29. The Kier molecular flexibility index (Phi) is 8.11. The fourth-order valence-electron chi connectivity index (χ4n) is 3.03. The van der Waals surface area contributed by atoms with Crippen LogP contribution in [0, 0.1) is 13.8 Å². The Labute approximate surface area is 192 Å². The number of nitrogens with zero attached hydrogens (tertiary/aromatic N) is 1. The fraction of sp³-hybridized carbons (Fsp3) is 0.200. The van der Waals surface area contributed by atoms with E-state index in [0.717, 1.165) is 22.3 Å². The van der Waals surface area contributed by atoms with Gasteiger partial charge in [-0.25, -0.2) is 5.43 Å². The average Bonchev–Trinajstić information content (AvgIpc) is 2.78. The summed E-state index contributed by atoms with van der Waals surface area (Å²) in [5.74, 6) is 1.49. The molecule has 0 fully saturated rings. The molecule has 0 unspecified atom stereocenters. The van der Waals surface area contributed by atoms with Gasteiger partial charge in [-0.2, -0.15) is 5.10 Å². The van der Waals surface area contributed by atoms with E-state index in [1.165, 1.54) is 6.21 Å². The first-order chi connectivity index (χ1) is 15.5. The predicted octanol–water partition coefficient (Wildman–Crippen LogP) is 5.07. The topological polar surface area (TPSA) is 69.2 Å². The van der Waals surface area contributed by atoms with Crippen molar-refractivity contribution in [1.29, 1.82) is 0 Å². The Morgan fingerprint density at radius 3 is 2.47 bits per heavy atom. The van der Waals surface area contributed by atoms with Crippen LogP contribution in [0.3, 0.4) is 0 Å². The molecule has 0 spiro atoms. The fourth-order valence-corrected chi connectivity index (χ4v) is 3.22. The molecule has 0 aliphatic heterocycles. The summed E-state index contributed by atoms with van der Waals surface area (Å²) < 4.78 is 16.9. The number of hydrazone groups is 1. The van der Waals surface area contributed by atoms with E-state index in [-0.39, 0.29) is 12.5 Å². The predicted molar refractivity (Wildman–Crippen MR) is 126 cm³/mol. The summed E-state index contributed by atoms with van der Waals surface area (Å²) in [5, 5.41) is 4.64. The molecule has 7 heteroatoms. The maximum atomic E-state index is 12.0. The molecule has 3 aromatic rings. The summed E-state index contributed by atoms with van der Waals surface area (Å²) in [6, 6.07) is 18.7. The normalized spacial score (nSPS) is 10.8. The van der Waals surface area contributed by atoms with Gasteiger partial charge in [0.15, 0.2) is 18.1 Å². The molecule has 0 heterocycles. The molecule has 1 N–H and O–H groups in total. The number of halogens is 1. The van der Waals surface area contributed by atoms with Gasteiger partial charge in [0.05, 0.1) is 13.3 Å². The number of benzene rings is 3. The summed E-state index contributed by atoms with van der Waals surface area (Å²) in [6.07, 6.45) is 1.53. The van der Waals surface area contributed by atoms with Crippen molar-refractivity contribution in [2.75, 3.05) is 13.7 Å². The second kappa shape index (κ2) is 11.2. The SMILES string of the molecule is COc1cc(/C=N\NC(=O)COc2c(C)cccc2C)ccc1OCc1ccccc1Cl. The molecule has 0 saturated carbocycles. The van der Waals surface area contributed by atoms with Gasteiger partial charge in [-0.05, 0) is 54.8 Å². The van der Waals surface area contributed by atoms with Crippen LogP contribution < -0.4 is 19.6 Å². The van der Waals surface area contributed by atoms with E-state index in [0.29, 0.717) is 28.9 Å². The number of carbonyl (C=O) groups excluding carboxylic acids is 1. The molecule has 0 atom stereocenters.